The van der Waals surface area contributed by atoms with Gasteiger partial charge in [0.15, 0.2) is 0 Å². The van der Waals surface area contributed by atoms with E-state index in [1.165, 1.54) is 16.8 Å². The van der Waals surface area contributed by atoms with Gasteiger partial charge in [-0.05, 0) is 43.5 Å². The van der Waals surface area contributed by atoms with Crippen LogP contribution in [0, 0.1) is 6.92 Å². The molecule has 144 valence electrons. The number of carbonyl (C=O) groups excluding carboxylic acids is 1. The first-order chi connectivity index (χ1) is 13.1. The maximum atomic E-state index is 13.0. The van der Waals surface area contributed by atoms with Crippen molar-refractivity contribution in [2.45, 2.75) is 32.9 Å². The van der Waals surface area contributed by atoms with Crippen molar-refractivity contribution in [2.75, 3.05) is 38.1 Å². The van der Waals surface area contributed by atoms with E-state index in [0.717, 1.165) is 32.6 Å². The van der Waals surface area contributed by atoms with Crippen LogP contribution in [0.25, 0.3) is 0 Å². The van der Waals surface area contributed by atoms with Crippen LogP contribution in [0.5, 0.6) is 0 Å². The van der Waals surface area contributed by atoms with Gasteiger partial charge in [0.05, 0.1) is 6.04 Å². The molecule has 2 aromatic rings. The first-order valence-corrected chi connectivity index (χ1v) is 9.90. The molecule has 0 spiro atoms. The fraction of sp³-hybridized carbons (Fsp3) is 0.435. The summed E-state index contributed by atoms with van der Waals surface area (Å²) < 4.78 is 0. The van der Waals surface area contributed by atoms with Gasteiger partial charge in [0.2, 0.25) is 5.91 Å². The number of hydrogen-bond acceptors (Lipinski definition) is 3. The zero-order valence-electron chi connectivity index (χ0n) is 16.8. The highest BCUT2D eigenvalue weighted by Crippen LogP contribution is 2.18. The fourth-order valence-electron chi connectivity index (χ4n) is 3.82. The van der Waals surface area contributed by atoms with Crippen molar-refractivity contribution in [3.8, 4) is 0 Å². The topological polar surface area (TPSA) is 26.8 Å². The Morgan fingerprint density at radius 1 is 1.00 bits per heavy atom. The average molecular weight is 366 g/mol. The highest BCUT2D eigenvalue weighted by Gasteiger charge is 2.26. The lowest BCUT2D eigenvalue weighted by molar-refractivity contribution is -0.135. The van der Waals surface area contributed by atoms with Crippen LogP contribution >= 0.6 is 0 Å². The number of para-hydroxylation sites is 1. The van der Waals surface area contributed by atoms with E-state index in [2.05, 4.69) is 66.1 Å². The molecule has 1 aliphatic rings. The van der Waals surface area contributed by atoms with E-state index in [1.54, 1.807) is 0 Å². The van der Waals surface area contributed by atoms with Crippen LogP contribution in [-0.4, -0.2) is 55.0 Å². The van der Waals surface area contributed by atoms with Crippen LogP contribution in [0.1, 0.15) is 24.5 Å². The Morgan fingerprint density at radius 3 is 2.44 bits per heavy atom. The van der Waals surface area contributed by atoms with E-state index in [9.17, 15) is 4.79 Å². The van der Waals surface area contributed by atoms with Gasteiger partial charge in [-0.25, -0.2) is 0 Å². The number of hydrogen-bond donors (Lipinski definition) is 0. The van der Waals surface area contributed by atoms with E-state index in [0.29, 0.717) is 6.54 Å². The van der Waals surface area contributed by atoms with E-state index in [-0.39, 0.29) is 11.9 Å². The molecule has 1 heterocycles. The van der Waals surface area contributed by atoms with Gasteiger partial charge in [0.1, 0.15) is 0 Å². The molecule has 0 N–H and O–H groups in total. The van der Waals surface area contributed by atoms with Crippen molar-refractivity contribution in [3.05, 3.63) is 65.7 Å². The van der Waals surface area contributed by atoms with Crippen LogP contribution < -0.4 is 4.90 Å². The minimum atomic E-state index is -0.0882. The van der Waals surface area contributed by atoms with E-state index in [4.69, 9.17) is 0 Å². The maximum absolute atomic E-state index is 13.0. The van der Waals surface area contributed by atoms with Crippen LogP contribution in [0.4, 0.5) is 5.69 Å². The van der Waals surface area contributed by atoms with Crippen molar-refractivity contribution >= 4 is 11.6 Å². The standard InChI is InChI=1S/C23H31N3O/c1-19-10-7-8-11-21(19)18-24(3)23(27)20(2)25-14-9-15-26(17-16-25)22-12-5-4-6-13-22/h4-8,10-13,20H,9,14-18H2,1-3H3. The Bertz CT molecular complexity index is 746. The Balaban J connectivity index is 1.59. The number of anilines is 1. The molecule has 0 bridgehead atoms. The molecule has 27 heavy (non-hydrogen) atoms. The first kappa shape index (κ1) is 19.4. The molecule has 0 radical (unpaired) electrons. The normalized spacial score (nSPS) is 16.6. The minimum absolute atomic E-state index is 0.0882. The predicted molar refractivity (Wildman–Crippen MR) is 112 cm³/mol. The lowest BCUT2D eigenvalue weighted by atomic mass is 10.1. The second-order valence-electron chi connectivity index (χ2n) is 7.51. The summed E-state index contributed by atoms with van der Waals surface area (Å²) in [5.74, 6) is 0.200. The largest absolute Gasteiger partial charge is 0.370 e. The molecule has 1 fully saturated rings. The number of aryl methyl sites for hydroxylation is 1. The van der Waals surface area contributed by atoms with Gasteiger partial charge in [0.25, 0.3) is 0 Å². The molecule has 0 aromatic heterocycles. The van der Waals surface area contributed by atoms with Gasteiger partial charge < -0.3 is 9.80 Å². The van der Waals surface area contributed by atoms with E-state index in [1.807, 2.05) is 24.1 Å². The summed E-state index contributed by atoms with van der Waals surface area (Å²) in [5.41, 5.74) is 3.72. The number of benzene rings is 2. The van der Waals surface area contributed by atoms with Crippen molar-refractivity contribution in [2.24, 2.45) is 0 Å². The number of carbonyl (C=O) groups is 1. The van der Waals surface area contributed by atoms with Gasteiger partial charge in [-0.2, -0.15) is 0 Å². The third kappa shape index (κ3) is 4.89. The lowest BCUT2D eigenvalue weighted by Gasteiger charge is -2.30. The van der Waals surface area contributed by atoms with Crippen LogP contribution in [0.3, 0.4) is 0 Å². The summed E-state index contributed by atoms with van der Waals surface area (Å²) in [6.45, 7) is 8.71. The average Bonchev–Trinajstić information content (AvgIpc) is 2.95. The van der Waals surface area contributed by atoms with E-state index < -0.39 is 0 Å². The number of nitrogens with zero attached hydrogens (tertiary/aromatic N) is 3. The number of amides is 1. The third-order valence-corrected chi connectivity index (χ3v) is 5.60. The monoisotopic (exact) mass is 365 g/mol. The van der Waals surface area contributed by atoms with Gasteiger partial charge in [-0.1, -0.05) is 42.5 Å². The van der Waals surface area contributed by atoms with Crippen molar-refractivity contribution in [3.63, 3.8) is 0 Å². The molecule has 1 atom stereocenters. The second-order valence-corrected chi connectivity index (χ2v) is 7.51. The van der Waals surface area contributed by atoms with Crippen molar-refractivity contribution in [1.29, 1.82) is 0 Å². The summed E-state index contributed by atoms with van der Waals surface area (Å²) >= 11 is 0. The van der Waals surface area contributed by atoms with Gasteiger partial charge in [0, 0.05) is 45.5 Å². The van der Waals surface area contributed by atoms with Crippen LogP contribution in [0.2, 0.25) is 0 Å². The zero-order valence-corrected chi connectivity index (χ0v) is 16.8. The van der Waals surface area contributed by atoms with Crippen molar-refractivity contribution in [1.82, 2.24) is 9.80 Å². The summed E-state index contributed by atoms with van der Waals surface area (Å²) in [4.78, 5) is 19.6. The van der Waals surface area contributed by atoms with Crippen molar-refractivity contribution < 1.29 is 4.79 Å². The molecule has 1 amide bonds. The minimum Gasteiger partial charge on any atom is -0.370 e. The molecule has 4 nitrogen and oxygen atoms in total. The Kier molecular flexibility index (Phi) is 6.51. The molecule has 1 aliphatic heterocycles. The molecule has 1 unspecified atom stereocenters. The highest BCUT2D eigenvalue weighted by molar-refractivity contribution is 5.81. The SMILES string of the molecule is Cc1ccccc1CN(C)C(=O)C(C)N1CCCN(c2ccccc2)CC1. The second kappa shape index (κ2) is 9.05. The molecule has 0 saturated carbocycles. The molecule has 1 saturated heterocycles. The number of likely N-dealkylation sites (N-methyl/N-ethyl adjacent to an activating group) is 1. The Hall–Kier alpha value is -2.33. The third-order valence-electron chi connectivity index (χ3n) is 5.60. The molecule has 4 heteroatoms. The van der Waals surface area contributed by atoms with Gasteiger partial charge >= 0.3 is 0 Å². The maximum Gasteiger partial charge on any atom is 0.239 e. The van der Waals surface area contributed by atoms with Gasteiger partial charge in [-0.3, -0.25) is 9.69 Å². The predicted octanol–water partition coefficient (Wildman–Crippen LogP) is 3.55. The number of rotatable bonds is 5. The summed E-state index contributed by atoms with van der Waals surface area (Å²) in [5, 5.41) is 0. The van der Waals surface area contributed by atoms with Gasteiger partial charge in [-0.15, -0.1) is 0 Å². The Labute approximate surface area is 163 Å². The summed E-state index contributed by atoms with van der Waals surface area (Å²) in [7, 11) is 1.92. The Morgan fingerprint density at radius 2 is 1.70 bits per heavy atom. The summed E-state index contributed by atoms with van der Waals surface area (Å²) in [6.07, 6.45) is 1.08. The first-order valence-electron chi connectivity index (χ1n) is 9.90. The zero-order chi connectivity index (χ0) is 19.2. The molecular formula is C23H31N3O. The molecule has 2 aromatic carbocycles. The molecular weight excluding hydrogens is 334 g/mol. The van der Waals surface area contributed by atoms with Crippen LogP contribution in [-0.2, 0) is 11.3 Å². The van der Waals surface area contributed by atoms with Crippen LogP contribution in [0.15, 0.2) is 54.6 Å². The molecule has 3 rings (SSSR count). The highest BCUT2D eigenvalue weighted by atomic mass is 16.2. The quantitative estimate of drug-likeness (QED) is 0.811. The summed E-state index contributed by atoms with van der Waals surface area (Å²) in [6, 6.07) is 18.8. The van der Waals surface area contributed by atoms with E-state index >= 15 is 0 Å². The fourth-order valence-corrected chi connectivity index (χ4v) is 3.82. The smallest absolute Gasteiger partial charge is 0.239 e. The molecule has 0 aliphatic carbocycles. The lowest BCUT2D eigenvalue weighted by Crippen LogP contribution is -2.47.